The minimum Gasteiger partial charge on any atom is -0.496 e. The highest BCUT2D eigenvalue weighted by Gasteiger charge is 2.27. The van der Waals surface area contributed by atoms with E-state index < -0.39 is 0 Å². The number of rotatable bonds is 6. The van der Waals surface area contributed by atoms with Gasteiger partial charge in [0.25, 0.3) is 0 Å². The van der Waals surface area contributed by atoms with Crippen molar-refractivity contribution in [1.82, 2.24) is 5.32 Å². The number of thiophene rings is 1. The van der Waals surface area contributed by atoms with E-state index in [4.69, 9.17) is 9.47 Å². The number of nitrogens with one attached hydrogen (secondary N) is 1. The first kappa shape index (κ1) is 17.0. The molecule has 1 N–H and O–H groups in total. The van der Waals surface area contributed by atoms with Gasteiger partial charge in [-0.1, -0.05) is 24.3 Å². The fourth-order valence-electron chi connectivity index (χ4n) is 3.19. The minimum atomic E-state index is 0.0318. The second-order valence-corrected chi connectivity index (χ2v) is 6.98. The molecule has 1 saturated heterocycles. The second kappa shape index (κ2) is 8.31. The number of carbonyl (C=O) groups excluding carboxylic acids is 1. The fraction of sp³-hybridized carbons (Fsp3) is 0.421. The molecule has 1 atom stereocenters. The molecular weight excluding hydrogens is 322 g/mol. The van der Waals surface area contributed by atoms with Crippen molar-refractivity contribution in [3.63, 3.8) is 0 Å². The largest absolute Gasteiger partial charge is 0.496 e. The zero-order chi connectivity index (χ0) is 16.8. The number of benzene rings is 1. The SMILES string of the molecule is COc1ccccc1CC(=O)N[C@H](c1cccs1)C1CCOCC1. The van der Waals surface area contributed by atoms with Gasteiger partial charge in [-0.25, -0.2) is 0 Å². The standard InChI is InChI=1S/C19H23NO3S/c1-22-16-6-3-2-5-15(16)13-18(21)20-19(17-7-4-12-24-17)14-8-10-23-11-9-14/h2-7,12,14,19H,8-11,13H2,1H3,(H,20,21)/t19-/m0/s1. The molecule has 2 heterocycles. The van der Waals surface area contributed by atoms with Crippen LogP contribution in [0, 0.1) is 5.92 Å². The zero-order valence-electron chi connectivity index (χ0n) is 13.9. The Labute approximate surface area is 146 Å². The highest BCUT2D eigenvalue weighted by Crippen LogP contribution is 2.32. The monoisotopic (exact) mass is 345 g/mol. The maximum atomic E-state index is 12.6. The number of ether oxygens (including phenoxy) is 2. The number of hydrogen-bond donors (Lipinski definition) is 1. The van der Waals surface area contributed by atoms with E-state index in [1.54, 1.807) is 18.4 Å². The summed E-state index contributed by atoms with van der Waals surface area (Å²) in [5, 5.41) is 5.31. The molecule has 0 aliphatic carbocycles. The average molecular weight is 345 g/mol. The third kappa shape index (κ3) is 4.16. The molecule has 0 saturated carbocycles. The van der Waals surface area contributed by atoms with Gasteiger partial charge in [0.05, 0.1) is 19.6 Å². The molecule has 128 valence electrons. The van der Waals surface area contributed by atoms with Crippen LogP contribution >= 0.6 is 11.3 Å². The summed E-state index contributed by atoms with van der Waals surface area (Å²) in [5.74, 6) is 1.22. The summed E-state index contributed by atoms with van der Waals surface area (Å²) < 4.78 is 10.8. The average Bonchev–Trinajstić information content (AvgIpc) is 3.15. The van der Waals surface area contributed by atoms with Gasteiger partial charge in [0, 0.05) is 23.7 Å². The fourth-order valence-corrected chi connectivity index (χ4v) is 4.05. The van der Waals surface area contributed by atoms with Crippen LogP contribution in [-0.2, 0) is 16.0 Å². The number of carbonyl (C=O) groups is 1. The van der Waals surface area contributed by atoms with Gasteiger partial charge in [0.1, 0.15) is 5.75 Å². The minimum absolute atomic E-state index is 0.0318. The summed E-state index contributed by atoms with van der Waals surface area (Å²) in [7, 11) is 1.63. The molecule has 0 radical (unpaired) electrons. The first-order valence-electron chi connectivity index (χ1n) is 8.30. The lowest BCUT2D eigenvalue weighted by molar-refractivity contribution is -0.121. The summed E-state index contributed by atoms with van der Waals surface area (Å²) in [5.41, 5.74) is 0.911. The first-order chi connectivity index (χ1) is 11.8. The van der Waals surface area contributed by atoms with Gasteiger partial charge in [0.2, 0.25) is 5.91 Å². The molecule has 1 aliphatic rings. The molecule has 0 bridgehead atoms. The Morgan fingerprint density at radius 3 is 2.79 bits per heavy atom. The van der Waals surface area contributed by atoms with E-state index in [0.717, 1.165) is 37.4 Å². The van der Waals surface area contributed by atoms with Crippen molar-refractivity contribution >= 4 is 17.2 Å². The molecule has 1 fully saturated rings. The number of hydrogen-bond acceptors (Lipinski definition) is 4. The molecule has 24 heavy (non-hydrogen) atoms. The lowest BCUT2D eigenvalue weighted by Crippen LogP contribution is -2.36. The van der Waals surface area contributed by atoms with Crippen LogP contribution in [0.5, 0.6) is 5.75 Å². The summed E-state index contributed by atoms with van der Waals surface area (Å²) in [6.07, 6.45) is 2.30. The van der Waals surface area contributed by atoms with Crippen LogP contribution in [-0.4, -0.2) is 26.2 Å². The van der Waals surface area contributed by atoms with Gasteiger partial charge in [-0.15, -0.1) is 11.3 Å². The Bertz CT molecular complexity index is 650. The summed E-state index contributed by atoms with van der Waals surface area (Å²) >= 11 is 1.70. The van der Waals surface area contributed by atoms with Crippen molar-refractivity contribution in [3.05, 3.63) is 52.2 Å². The van der Waals surface area contributed by atoms with E-state index in [1.165, 1.54) is 4.88 Å². The van der Waals surface area contributed by atoms with E-state index in [-0.39, 0.29) is 11.9 Å². The first-order valence-corrected chi connectivity index (χ1v) is 9.18. The smallest absolute Gasteiger partial charge is 0.225 e. The summed E-state index contributed by atoms with van der Waals surface area (Å²) in [6, 6.07) is 11.9. The van der Waals surface area contributed by atoms with E-state index in [1.807, 2.05) is 30.3 Å². The molecule has 3 rings (SSSR count). The predicted molar refractivity (Wildman–Crippen MR) is 95.4 cm³/mol. The maximum absolute atomic E-state index is 12.6. The van der Waals surface area contributed by atoms with Crippen molar-refractivity contribution in [2.24, 2.45) is 5.92 Å². The van der Waals surface area contributed by atoms with E-state index in [2.05, 4.69) is 16.8 Å². The quantitative estimate of drug-likeness (QED) is 0.870. The van der Waals surface area contributed by atoms with Gasteiger partial charge >= 0.3 is 0 Å². The van der Waals surface area contributed by atoms with Gasteiger partial charge in [-0.2, -0.15) is 0 Å². The molecule has 1 aliphatic heterocycles. The van der Waals surface area contributed by atoms with Crippen LogP contribution < -0.4 is 10.1 Å². The Balaban J connectivity index is 1.71. The normalized spacial score (nSPS) is 16.5. The summed E-state index contributed by atoms with van der Waals surface area (Å²) in [4.78, 5) is 13.9. The number of para-hydroxylation sites is 1. The van der Waals surface area contributed by atoms with E-state index in [9.17, 15) is 4.79 Å². The second-order valence-electron chi connectivity index (χ2n) is 6.00. The molecule has 1 aromatic heterocycles. The molecule has 2 aromatic rings. The van der Waals surface area contributed by atoms with Gasteiger partial charge in [-0.05, 0) is 36.3 Å². The molecular formula is C19H23NO3S. The topological polar surface area (TPSA) is 47.6 Å². The van der Waals surface area contributed by atoms with Crippen molar-refractivity contribution in [3.8, 4) is 5.75 Å². The lowest BCUT2D eigenvalue weighted by atomic mass is 9.90. The van der Waals surface area contributed by atoms with Crippen LogP contribution in [0.15, 0.2) is 41.8 Å². The van der Waals surface area contributed by atoms with Crippen LogP contribution in [0.1, 0.15) is 29.3 Å². The third-order valence-corrected chi connectivity index (χ3v) is 5.40. The van der Waals surface area contributed by atoms with Crippen molar-refractivity contribution < 1.29 is 14.3 Å². The Kier molecular flexibility index (Phi) is 5.88. The Morgan fingerprint density at radius 1 is 1.29 bits per heavy atom. The molecule has 0 unspecified atom stereocenters. The van der Waals surface area contributed by atoms with Gasteiger partial charge < -0.3 is 14.8 Å². The highest BCUT2D eigenvalue weighted by molar-refractivity contribution is 7.10. The summed E-state index contributed by atoms with van der Waals surface area (Å²) in [6.45, 7) is 1.55. The highest BCUT2D eigenvalue weighted by atomic mass is 32.1. The van der Waals surface area contributed by atoms with Crippen LogP contribution in [0.3, 0.4) is 0 Å². The van der Waals surface area contributed by atoms with Crippen LogP contribution in [0.25, 0.3) is 0 Å². The number of methoxy groups -OCH3 is 1. The predicted octanol–water partition coefficient (Wildman–Crippen LogP) is 3.58. The van der Waals surface area contributed by atoms with Crippen LogP contribution in [0.4, 0.5) is 0 Å². The van der Waals surface area contributed by atoms with Crippen molar-refractivity contribution in [2.45, 2.75) is 25.3 Å². The molecule has 5 heteroatoms. The lowest BCUT2D eigenvalue weighted by Gasteiger charge is -2.30. The van der Waals surface area contributed by atoms with Gasteiger partial charge in [0.15, 0.2) is 0 Å². The van der Waals surface area contributed by atoms with Crippen molar-refractivity contribution in [1.29, 1.82) is 0 Å². The third-order valence-electron chi connectivity index (χ3n) is 4.45. The van der Waals surface area contributed by atoms with Crippen molar-refractivity contribution in [2.75, 3.05) is 20.3 Å². The molecule has 0 spiro atoms. The molecule has 1 aromatic carbocycles. The Hall–Kier alpha value is -1.85. The van der Waals surface area contributed by atoms with Gasteiger partial charge in [-0.3, -0.25) is 4.79 Å². The van der Waals surface area contributed by atoms with E-state index in [0.29, 0.717) is 12.3 Å². The zero-order valence-corrected chi connectivity index (χ0v) is 14.7. The number of amides is 1. The maximum Gasteiger partial charge on any atom is 0.225 e. The Morgan fingerprint density at radius 2 is 2.08 bits per heavy atom. The molecule has 4 nitrogen and oxygen atoms in total. The van der Waals surface area contributed by atoms with E-state index >= 15 is 0 Å². The molecule has 1 amide bonds. The van der Waals surface area contributed by atoms with Crippen LogP contribution in [0.2, 0.25) is 0 Å².